The number of aromatic nitrogens is 1. The zero-order valence-corrected chi connectivity index (χ0v) is 24.6. The molecule has 11 heteroatoms. The second-order valence-electron chi connectivity index (χ2n) is 13.5. The number of anilines is 1. The minimum Gasteiger partial charge on any atom is -0.508 e. The molecule has 3 aromatic rings. The van der Waals surface area contributed by atoms with Gasteiger partial charge in [-0.1, -0.05) is 6.07 Å². The van der Waals surface area contributed by atoms with Crippen molar-refractivity contribution in [1.82, 2.24) is 15.2 Å². The number of rotatable bonds is 5. The van der Waals surface area contributed by atoms with Gasteiger partial charge in [-0.05, 0) is 62.7 Å². The number of benzene rings is 2. The summed E-state index contributed by atoms with van der Waals surface area (Å²) in [5, 5.41) is 14.2. The minimum atomic E-state index is -2.08. The number of hydrogen-bond acceptors (Lipinski definition) is 7. The molecule has 3 unspecified atom stereocenters. The maximum Gasteiger partial charge on any atom is 0.217 e. The number of phenols is 1. The van der Waals surface area contributed by atoms with E-state index in [9.17, 15) is 13.9 Å². The normalized spacial score (nSPS) is 31.3. The molecule has 44 heavy (non-hydrogen) atoms. The lowest BCUT2D eigenvalue weighted by Gasteiger charge is -2.38. The van der Waals surface area contributed by atoms with Crippen LogP contribution in [0.25, 0.3) is 10.8 Å². The maximum atomic E-state index is 16.8. The lowest BCUT2D eigenvalue weighted by molar-refractivity contribution is 0.110. The van der Waals surface area contributed by atoms with Crippen molar-refractivity contribution in [1.29, 1.82) is 0 Å². The highest BCUT2D eigenvalue weighted by atomic mass is 19.2. The molecule has 0 saturated carbocycles. The molecule has 4 fully saturated rings. The molecule has 7 nitrogen and oxygen atoms in total. The summed E-state index contributed by atoms with van der Waals surface area (Å²) < 4.78 is 67.2. The summed E-state index contributed by atoms with van der Waals surface area (Å²) in [6.45, 7) is 4.40. The van der Waals surface area contributed by atoms with E-state index in [2.05, 4.69) is 15.1 Å². The number of nitrogens with one attached hydrogen (secondary N) is 1. The molecule has 6 heterocycles. The molecule has 0 radical (unpaired) electrons. The number of aliphatic imine (C=N–C) groups is 1. The Labute approximate surface area is 252 Å². The largest absolute Gasteiger partial charge is 0.508 e. The number of halogens is 4. The number of pyridine rings is 1. The number of phenolic OH excluding ortho intramolecular Hbond substituents is 1. The first-order valence-electron chi connectivity index (χ1n) is 15.5. The van der Waals surface area contributed by atoms with Gasteiger partial charge >= 0.3 is 0 Å². The van der Waals surface area contributed by atoms with Gasteiger partial charge in [-0.25, -0.2) is 22.6 Å². The Morgan fingerprint density at radius 2 is 1.91 bits per heavy atom. The molecule has 5 atom stereocenters. The number of hydrogen-bond donors (Lipinski definition) is 2. The Hall–Kier alpha value is -3.44. The smallest absolute Gasteiger partial charge is 0.217 e. The molecule has 0 amide bonds. The maximum absolute atomic E-state index is 16.8. The topological polar surface area (TPSA) is 73.2 Å². The molecule has 1 aromatic heterocycles. The number of ether oxygens (including phenoxy) is 1. The Kier molecular flexibility index (Phi) is 6.40. The quantitative estimate of drug-likeness (QED) is 0.372. The number of nitrogens with zero attached hydrogens (tertiary/aromatic N) is 4. The molecule has 232 valence electrons. The molecule has 5 aliphatic heterocycles. The molecule has 0 spiro atoms. The third-order valence-electron chi connectivity index (χ3n) is 10.3. The van der Waals surface area contributed by atoms with E-state index in [0.717, 1.165) is 57.1 Å². The third kappa shape index (κ3) is 4.53. The first kappa shape index (κ1) is 28.1. The van der Waals surface area contributed by atoms with Crippen molar-refractivity contribution >= 4 is 28.0 Å². The Morgan fingerprint density at radius 1 is 1.11 bits per heavy atom. The zero-order valence-electron chi connectivity index (χ0n) is 24.6. The van der Waals surface area contributed by atoms with Gasteiger partial charge in [-0.3, -0.25) is 4.90 Å². The van der Waals surface area contributed by atoms with Crippen LogP contribution in [0.3, 0.4) is 0 Å². The SMILES string of the molecule is CC1(F)Cc2c(N3CC4CCC(C3)N4)cc(OC[C@@]34CCCN3C[C@H](F)C4)nc2N=C1c1cc(O)cc2ccc(F)c(F)c12. The molecule has 5 aliphatic rings. The first-order chi connectivity index (χ1) is 21.1. The van der Waals surface area contributed by atoms with Crippen LogP contribution >= 0.6 is 0 Å². The number of piperazine rings is 1. The second kappa shape index (κ2) is 10.0. The standard InChI is InChI=1S/C33H35F4N5O2/c1-32(37)13-24-26(41-15-20-4-5-21(16-41)38-20)11-27(44-17-33-7-2-8-42(33)14-19(34)12-33)39-31(24)40-30(32)23-10-22(43)9-18-3-6-25(35)29(36)28(18)23/h3,6,9-11,19-21,38,43H,2,4-5,7-8,12-17H2,1H3/t19-,20?,21?,32?,33+/m1/s1. The fourth-order valence-corrected chi connectivity index (χ4v) is 8.34. The van der Waals surface area contributed by atoms with Crippen LogP contribution in [0, 0.1) is 11.6 Å². The van der Waals surface area contributed by atoms with Gasteiger partial charge in [-0.2, -0.15) is 4.98 Å². The minimum absolute atomic E-state index is 0.0250. The van der Waals surface area contributed by atoms with E-state index in [1.807, 2.05) is 6.07 Å². The third-order valence-corrected chi connectivity index (χ3v) is 10.3. The van der Waals surface area contributed by atoms with Crippen LogP contribution in [-0.4, -0.2) is 83.0 Å². The number of aromatic hydroxyl groups is 1. The molecule has 2 bridgehead atoms. The van der Waals surface area contributed by atoms with Crippen LogP contribution in [-0.2, 0) is 6.42 Å². The van der Waals surface area contributed by atoms with E-state index in [1.54, 1.807) is 0 Å². The molecular formula is C33H35F4N5O2. The van der Waals surface area contributed by atoms with Gasteiger partial charge < -0.3 is 20.1 Å². The van der Waals surface area contributed by atoms with Crippen LogP contribution < -0.4 is 15.0 Å². The Morgan fingerprint density at radius 3 is 2.70 bits per heavy atom. The van der Waals surface area contributed by atoms with Gasteiger partial charge in [0.25, 0.3) is 0 Å². The molecule has 8 rings (SSSR count). The zero-order chi connectivity index (χ0) is 30.4. The summed E-state index contributed by atoms with van der Waals surface area (Å²) in [5.74, 6) is -1.86. The van der Waals surface area contributed by atoms with Gasteiger partial charge in [0.2, 0.25) is 5.88 Å². The van der Waals surface area contributed by atoms with Gasteiger partial charge in [0.05, 0.1) is 11.3 Å². The predicted molar refractivity (Wildman–Crippen MR) is 160 cm³/mol. The molecule has 4 saturated heterocycles. The van der Waals surface area contributed by atoms with E-state index in [1.165, 1.54) is 25.1 Å². The van der Waals surface area contributed by atoms with Crippen molar-refractivity contribution in [3.8, 4) is 11.6 Å². The highest BCUT2D eigenvalue weighted by Crippen LogP contribution is 2.45. The van der Waals surface area contributed by atoms with E-state index >= 15 is 8.78 Å². The van der Waals surface area contributed by atoms with Gasteiger partial charge in [0.15, 0.2) is 23.1 Å². The van der Waals surface area contributed by atoms with E-state index in [0.29, 0.717) is 36.5 Å². The van der Waals surface area contributed by atoms with Crippen LogP contribution in [0.5, 0.6) is 11.6 Å². The summed E-state index contributed by atoms with van der Waals surface area (Å²) in [5.41, 5.74) is -1.20. The van der Waals surface area contributed by atoms with Gasteiger partial charge in [-0.15, -0.1) is 0 Å². The van der Waals surface area contributed by atoms with Crippen molar-refractivity contribution < 1.29 is 27.4 Å². The van der Waals surface area contributed by atoms with Crippen molar-refractivity contribution in [3.63, 3.8) is 0 Å². The van der Waals surface area contributed by atoms with Crippen LogP contribution in [0.15, 0.2) is 35.3 Å². The average molecular weight is 610 g/mol. The highest BCUT2D eigenvalue weighted by molar-refractivity contribution is 6.17. The van der Waals surface area contributed by atoms with E-state index < -0.39 is 23.5 Å². The number of alkyl halides is 2. The fourth-order valence-electron chi connectivity index (χ4n) is 8.34. The van der Waals surface area contributed by atoms with Crippen molar-refractivity contribution in [3.05, 3.63) is 53.1 Å². The Bertz CT molecular complexity index is 1690. The monoisotopic (exact) mass is 609 g/mol. The molecular weight excluding hydrogens is 574 g/mol. The van der Waals surface area contributed by atoms with Gasteiger partial charge in [0.1, 0.15) is 18.5 Å². The number of fused-ring (bicyclic) bond motifs is 5. The van der Waals surface area contributed by atoms with Crippen molar-refractivity contribution in [2.24, 2.45) is 4.99 Å². The summed E-state index contributed by atoms with van der Waals surface area (Å²) >= 11 is 0. The summed E-state index contributed by atoms with van der Waals surface area (Å²) in [6, 6.07) is 7.37. The second-order valence-corrected chi connectivity index (χ2v) is 13.5. The average Bonchev–Trinajstić information content (AvgIpc) is 3.62. The fraction of sp³-hybridized carbons (Fsp3) is 0.515. The molecule has 0 aliphatic carbocycles. The summed E-state index contributed by atoms with van der Waals surface area (Å²) in [4.78, 5) is 13.9. The Balaban J connectivity index is 1.25. The van der Waals surface area contributed by atoms with Crippen LogP contribution in [0.4, 0.5) is 29.1 Å². The summed E-state index contributed by atoms with van der Waals surface area (Å²) in [6.07, 6.45) is 3.40. The van der Waals surface area contributed by atoms with Crippen LogP contribution in [0.2, 0.25) is 0 Å². The lowest BCUT2D eigenvalue weighted by Crippen LogP contribution is -2.51. The van der Waals surface area contributed by atoms with E-state index in [4.69, 9.17) is 14.7 Å². The summed E-state index contributed by atoms with van der Waals surface area (Å²) in [7, 11) is 0. The predicted octanol–water partition coefficient (Wildman–Crippen LogP) is 5.52. The van der Waals surface area contributed by atoms with E-state index in [-0.39, 0.29) is 52.2 Å². The highest BCUT2D eigenvalue weighted by Gasteiger charge is 2.49. The van der Waals surface area contributed by atoms with Crippen molar-refractivity contribution in [2.45, 2.75) is 74.9 Å². The lowest BCUT2D eigenvalue weighted by atomic mass is 9.84. The first-order valence-corrected chi connectivity index (χ1v) is 15.5. The van der Waals surface area contributed by atoms with Gasteiger partial charge in [0, 0.05) is 72.8 Å². The molecule has 2 aromatic carbocycles. The van der Waals surface area contributed by atoms with Crippen molar-refractivity contribution in [2.75, 3.05) is 37.7 Å². The molecule has 2 N–H and O–H groups in total. The van der Waals surface area contributed by atoms with Crippen LogP contribution in [0.1, 0.15) is 50.2 Å².